The van der Waals surface area contributed by atoms with E-state index < -0.39 is 0 Å². The first-order valence-electron chi connectivity index (χ1n) is 6.79. The number of hydrogen-bond donors (Lipinski definition) is 2. The molecule has 1 aromatic carbocycles. The van der Waals surface area contributed by atoms with Crippen LogP contribution in [0.5, 0.6) is 5.75 Å². The average Bonchev–Trinajstić information content (AvgIpc) is 2.43. The lowest BCUT2D eigenvalue weighted by atomic mass is 9.93. The van der Waals surface area contributed by atoms with Gasteiger partial charge in [0.1, 0.15) is 11.6 Å². The molecule has 3 rings (SSSR count). The fraction of sp³-hybridized carbons (Fsp3) is 0.400. The summed E-state index contributed by atoms with van der Waals surface area (Å²) in [5.74, 6) is 1.45. The standard InChI is InChI=1S/C15H19N3O.ClH/c16-10-4-6-11(7-5-10)19-14-3-1-2-13-12(14)8-9-18-15(13)17;/h1-3,8-11H,4-7,16H2,(H2,17,18);1H/t10-,11+;. The van der Waals surface area contributed by atoms with Crippen LogP contribution in [0.4, 0.5) is 5.82 Å². The van der Waals surface area contributed by atoms with Crippen LogP contribution in [0.2, 0.25) is 0 Å². The highest BCUT2D eigenvalue weighted by Gasteiger charge is 2.20. The van der Waals surface area contributed by atoms with E-state index in [1.807, 2.05) is 24.3 Å². The molecular weight excluding hydrogens is 274 g/mol. The summed E-state index contributed by atoms with van der Waals surface area (Å²) in [4.78, 5) is 4.11. The van der Waals surface area contributed by atoms with Gasteiger partial charge in [-0.05, 0) is 37.8 Å². The molecule has 0 unspecified atom stereocenters. The van der Waals surface area contributed by atoms with Crippen LogP contribution in [0.3, 0.4) is 0 Å². The Kier molecular flexibility index (Phi) is 4.68. The van der Waals surface area contributed by atoms with E-state index in [1.165, 1.54) is 0 Å². The molecule has 1 aromatic heterocycles. The average molecular weight is 294 g/mol. The molecule has 1 fully saturated rings. The van der Waals surface area contributed by atoms with Crippen molar-refractivity contribution in [2.75, 3.05) is 5.73 Å². The number of rotatable bonds is 2. The van der Waals surface area contributed by atoms with E-state index in [4.69, 9.17) is 16.2 Å². The van der Waals surface area contributed by atoms with Gasteiger partial charge in [0.15, 0.2) is 0 Å². The molecule has 4 N–H and O–H groups in total. The number of hydrogen-bond acceptors (Lipinski definition) is 4. The second-order valence-electron chi connectivity index (χ2n) is 5.20. The first-order chi connectivity index (χ1) is 9.24. The third-order valence-corrected chi connectivity index (χ3v) is 3.81. The second-order valence-corrected chi connectivity index (χ2v) is 5.20. The largest absolute Gasteiger partial charge is 0.490 e. The first-order valence-corrected chi connectivity index (χ1v) is 6.79. The van der Waals surface area contributed by atoms with Gasteiger partial charge in [0.05, 0.1) is 6.10 Å². The minimum atomic E-state index is 0. The maximum Gasteiger partial charge on any atom is 0.131 e. The maximum absolute atomic E-state index is 6.13. The van der Waals surface area contributed by atoms with Crippen LogP contribution in [0.25, 0.3) is 10.8 Å². The fourth-order valence-corrected chi connectivity index (χ4v) is 2.69. The smallest absolute Gasteiger partial charge is 0.131 e. The molecule has 20 heavy (non-hydrogen) atoms. The molecule has 2 aromatic rings. The van der Waals surface area contributed by atoms with Crippen LogP contribution in [0, 0.1) is 0 Å². The van der Waals surface area contributed by atoms with Gasteiger partial charge in [0, 0.05) is 23.0 Å². The van der Waals surface area contributed by atoms with Crippen LogP contribution in [-0.4, -0.2) is 17.1 Å². The molecule has 0 saturated heterocycles. The number of benzene rings is 1. The fourth-order valence-electron chi connectivity index (χ4n) is 2.69. The van der Waals surface area contributed by atoms with Crippen molar-refractivity contribution in [2.45, 2.75) is 37.8 Å². The van der Waals surface area contributed by atoms with Gasteiger partial charge in [0.2, 0.25) is 0 Å². The number of pyridine rings is 1. The summed E-state index contributed by atoms with van der Waals surface area (Å²) < 4.78 is 6.13. The highest BCUT2D eigenvalue weighted by molar-refractivity contribution is 5.94. The third kappa shape index (κ3) is 2.97. The van der Waals surface area contributed by atoms with Crippen molar-refractivity contribution < 1.29 is 4.74 Å². The first kappa shape index (κ1) is 14.9. The SMILES string of the molecule is Cl.Nc1nccc2c(O[C@H]3CC[C@@H](N)CC3)cccc12. The van der Waals surface area contributed by atoms with Crippen molar-refractivity contribution >= 4 is 29.0 Å². The Balaban J connectivity index is 0.00000147. The molecule has 108 valence electrons. The topological polar surface area (TPSA) is 74.2 Å². The minimum absolute atomic E-state index is 0. The molecule has 5 heteroatoms. The number of aromatic nitrogens is 1. The zero-order valence-electron chi connectivity index (χ0n) is 11.3. The summed E-state index contributed by atoms with van der Waals surface area (Å²) in [6.45, 7) is 0. The molecule has 1 heterocycles. The lowest BCUT2D eigenvalue weighted by molar-refractivity contribution is 0.149. The van der Waals surface area contributed by atoms with E-state index in [0.717, 1.165) is 42.2 Å². The quantitative estimate of drug-likeness (QED) is 0.893. The number of nitrogens with two attached hydrogens (primary N) is 2. The zero-order valence-corrected chi connectivity index (χ0v) is 12.1. The third-order valence-electron chi connectivity index (χ3n) is 3.81. The van der Waals surface area contributed by atoms with Crippen molar-refractivity contribution in [3.05, 3.63) is 30.5 Å². The van der Waals surface area contributed by atoms with Crippen LogP contribution in [-0.2, 0) is 0 Å². The number of fused-ring (bicyclic) bond motifs is 1. The number of anilines is 1. The van der Waals surface area contributed by atoms with Crippen LogP contribution < -0.4 is 16.2 Å². The van der Waals surface area contributed by atoms with Gasteiger partial charge in [0.25, 0.3) is 0 Å². The highest BCUT2D eigenvalue weighted by Crippen LogP contribution is 2.31. The number of halogens is 1. The lowest BCUT2D eigenvalue weighted by Gasteiger charge is -2.27. The van der Waals surface area contributed by atoms with E-state index in [1.54, 1.807) is 6.20 Å². The molecule has 4 nitrogen and oxygen atoms in total. The van der Waals surface area contributed by atoms with E-state index in [0.29, 0.717) is 11.9 Å². The van der Waals surface area contributed by atoms with E-state index in [-0.39, 0.29) is 18.5 Å². The Morgan fingerprint density at radius 3 is 2.55 bits per heavy atom. The zero-order chi connectivity index (χ0) is 13.2. The molecule has 0 bridgehead atoms. The summed E-state index contributed by atoms with van der Waals surface area (Å²) in [6, 6.07) is 8.23. The van der Waals surface area contributed by atoms with Crippen molar-refractivity contribution in [3.8, 4) is 5.75 Å². The maximum atomic E-state index is 6.13. The summed E-state index contributed by atoms with van der Waals surface area (Å²) in [5.41, 5.74) is 11.8. The summed E-state index contributed by atoms with van der Waals surface area (Å²) in [7, 11) is 0. The van der Waals surface area contributed by atoms with E-state index in [2.05, 4.69) is 4.98 Å². The molecule has 0 spiro atoms. The van der Waals surface area contributed by atoms with Crippen molar-refractivity contribution in [2.24, 2.45) is 5.73 Å². The molecule has 0 aliphatic heterocycles. The summed E-state index contributed by atoms with van der Waals surface area (Å²) >= 11 is 0. The van der Waals surface area contributed by atoms with E-state index >= 15 is 0 Å². The molecule has 1 aliphatic carbocycles. The van der Waals surface area contributed by atoms with Gasteiger partial charge in [-0.25, -0.2) is 4.98 Å². The van der Waals surface area contributed by atoms with Crippen LogP contribution >= 0.6 is 12.4 Å². The predicted octanol–water partition coefficient (Wildman–Crippen LogP) is 2.89. The van der Waals surface area contributed by atoms with E-state index in [9.17, 15) is 0 Å². The molecule has 0 amide bonds. The van der Waals surface area contributed by atoms with Gasteiger partial charge >= 0.3 is 0 Å². The predicted molar refractivity (Wildman–Crippen MR) is 84.3 cm³/mol. The van der Waals surface area contributed by atoms with Crippen molar-refractivity contribution in [1.29, 1.82) is 0 Å². The number of nitrogen functional groups attached to an aromatic ring is 1. The molecule has 0 atom stereocenters. The van der Waals surface area contributed by atoms with Gasteiger partial charge in [-0.15, -0.1) is 12.4 Å². The normalized spacial score (nSPS) is 22.2. The second kappa shape index (κ2) is 6.29. The van der Waals surface area contributed by atoms with Gasteiger partial charge < -0.3 is 16.2 Å². The van der Waals surface area contributed by atoms with Crippen LogP contribution in [0.15, 0.2) is 30.5 Å². The molecule has 0 radical (unpaired) electrons. The Labute approximate surface area is 124 Å². The monoisotopic (exact) mass is 293 g/mol. The van der Waals surface area contributed by atoms with Crippen LogP contribution in [0.1, 0.15) is 25.7 Å². The highest BCUT2D eigenvalue weighted by atomic mass is 35.5. The van der Waals surface area contributed by atoms with Crippen molar-refractivity contribution in [3.63, 3.8) is 0 Å². The molecule has 1 aliphatic rings. The number of nitrogens with zero attached hydrogens (tertiary/aromatic N) is 1. The number of ether oxygens (including phenoxy) is 1. The minimum Gasteiger partial charge on any atom is -0.490 e. The Hall–Kier alpha value is -1.52. The van der Waals surface area contributed by atoms with Gasteiger partial charge in [-0.2, -0.15) is 0 Å². The Morgan fingerprint density at radius 2 is 1.80 bits per heavy atom. The Bertz CT molecular complexity index is 582. The van der Waals surface area contributed by atoms with Crippen molar-refractivity contribution in [1.82, 2.24) is 4.98 Å². The van der Waals surface area contributed by atoms with Gasteiger partial charge in [-0.3, -0.25) is 0 Å². The lowest BCUT2D eigenvalue weighted by Crippen LogP contribution is -2.31. The summed E-state index contributed by atoms with van der Waals surface area (Å²) in [6.07, 6.45) is 6.12. The molecular formula is C15H20ClN3O. The Morgan fingerprint density at radius 1 is 1.05 bits per heavy atom. The molecule has 1 saturated carbocycles. The van der Waals surface area contributed by atoms with Gasteiger partial charge in [-0.1, -0.05) is 12.1 Å². The summed E-state index contributed by atoms with van der Waals surface area (Å²) in [5, 5.41) is 1.98.